The van der Waals surface area contributed by atoms with Crippen LogP contribution in [0.1, 0.15) is 22.8 Å². The number of benzene rings is 1. The van der Waals surface area contributed by atoms with E-state index in [1.54, 1.807) is 68.6 Å². The molecule has 1 aromatic carbocycles. The van der Waals surface area contributed by atoms with Gasteiger partial charge in [-0.15, -0.1) is 0 Å². The molecule has 9 nitrogen and oxygen atoms in total. The molecular weight excluding hydrogens is 400 g/mol. The summed E-state index contributed by atoms with van der Waals surface area (Å²) in [6.45, 7) is 3.83. The van der Waals surface area contributed by atoms with Crippen molar-refractivity contribution in [3.05, 3.63) is 41.6 Å². The maximum Gasteiger partial charge on any atom is 0.257 e. The zero-order valence-corrected chi connectivity index (χ0v) is 18.7. The fraction of sp³-hybridized carbons (Fsp3) is 0.455. The normalized spacial score (nSPS) is 11.7. The molecule has 2 rings (SSSR count). The van der Waals surface area contributed by atoms with E-state index in [0.29, 0.717) is 49.0 Å². The maximum absolute atomic E-state index is 12.8. The monoisotopic (exact) mass is 430 g/mol. The van der Waals surface area contributed by atoms with Crippen LogP contribution in [0.4, 0.5) is 5.82 Å². The molecule has 0 aliphatic carbocycles. The van der Waals surface area contributed by atoms with Crippen molar-refractivity contribution < 1.29 is 23.8 Å². The van der Waals surface area contributed by atoms with Crippen LogP contribution in [0.3, 0.4) is 0 Å². The van der Waals surface area contributed by atoms with Crippen LogP contribution in [0.25, 0.3) is 0 Å². The van der Waals surface area contributed by atoms with Crippen LogP contribution >= 0.6 is 0 Å². The summed E-state index contributed by atoms with van der Waals surface area (Å²) >= 11 is 0. The molecule has 1 aromatic heterocycles. The standard InChI is InChI=1S/C22H30N4O5/c1-17(16-29-4)31-20-14-18(7-6-9-26(30-5)11-12-28-3)13-19(15-20)22(27)23-21-8-10-25(2)24-21/h8,10,13-15,17H,9,11-12,16H2,1-5H3,(H,23,24,27)/t17-/m0/s1. The van der Waals surface area contributed by atoms with Crippen LogP contribution in [0.15, 0.2) is 30.5 Å². The van der Waals surface area contributed by atoms with Gasteiger partial charge >= 0.3 is 0 Å². The van der Waals surface area contributed by atoms with E-state index < -0.39 is 0 Å². The van der Waals surface area contributed by atoms with Gasteiger partial charge in [-0.05, 0) is 25.1 Å². The summed E-state index contributed by atoms with van der Waals surface area (Å²) in [5.41, 5.74) is 1.07. The molecule has 0 spiro atoms. The van der Waals surface area contributed by atoms with Crippen LogP contribution in [0.2, 0.25) is 0 Å². The summed E-state index contributed by atoms with van der Waals surface area (Å²) in [4.78, 5) is 18.0. The molecule has 0 aliphatic heterocycles. The highest BCUT2D eigenvalue weighted by molar-refractivity contribution is 6.04. The lowest BCUT2D eigenvalue weighted by Gasteiger charge is -2.16. The van der Waals surface area contributed by atoms with Gasteiger partial charge < -0.3 is 24.4 Å². The number of nitrogens with zero attached hydrogens (tertiary/aromatic N) is 3. The van der Waals surface area contributed by atoms with Crippen LogP contribution in [0.5, 0.6) is 5.75 Å². The molecule has 0 fully saturated rings. The van der Waals surface area contributed by atoms with Gasteiger partial charge in [-0.2, -0.15) is 10.2 Å². The van der Waals surface area contributed by atoms with E-state index >= 15 is 0 Å². The first-order valence-corrected chi connectivity index (χ1v) is 9.83. The van der Waals surface area contributed by atoms with Gasteiger partial charge in [0, 0.05) is 51.2 Å². The summed E-state index contributed by atoms with van der Waals surface area (Å²) in [7, 11) is 6.61. The number of nitrogens with one attached hydrogen (secondary N) is 1. The highest BCUT2D eigenvalue weighted by Gasteiger charge is 2.12. The average molecular weight is 431 g/mol. The highest BCUT2D eigenvalue weighted by atomic mass is 16.7. The first-order chi connectivity index (χ1) is 14.9. The Morgan fingerprint density at radius 1 is 1.26 bits per heavy atom. The van der Waals surface area contributed by atoms with Crippen molar-refractivity contribution in [3.8, 4) is 17.6 Å². The molecular formula is C22H30N4O5. The molecule has 1 heterocycles. The second kappa shape index (κ2) is 12.7. The van der Waals surface area contributed by atoms with Crippen LogP contribution in [0, 0.1) is 11.8 Å². The van der Waals surface area contributed by atoms with E-state index in [1.807, 2.05) is 6.92 Å². The van der Waals surface area contributed by atoms with Gasteiger partial charge in [0.1, 0.15) is 11.9 Å². The summed E-state index contributed by atoms with van der Waals surface area (Å²) in [6, 6.07) is 6.91. The SMILES string of the molecule is COCCN(CC#Cc1cc(O[C@@H](C)COC)cc(C(=O)Nc2ccn(C)n2)c1)OC. The third-order valence-electron chi connectivity index (χ3n) is 4.15. The predicted molar refractivity (Wildman–Crippen MR) is 117 cm³/mol. The Morgan fingerprint density at radius 2 is 2.06 bits per heavy atom. The van der Waals surface area contributed by atoms with Gasteiger partial charge in [-0.25, -0.2) is 0 Å². The molecule has 0 radical (unpaired) electrons. The lowest BCUT2D eigenvalue weighted by molar-refractivity contribution is -0.128. The van der Waals surface area contributed by atoms with Crippen molar-refractivity contribution in [1.29, 1.82) is 0 Å². The largest absolute Gasteiger partial charge is 0.488 e. The minimum Gasteiger partial charge on any atom is -0.488 e. The van der Waals surface area contributed by atoms with Crippen molar-refractivity contribution in [2.45, 2.75) is 13.0 Å². The molecule has 0 aliphatic rings. The minimum absolute atomic E-state index is 0.182. The number of methoxy groups -OCH3 is 2. The van der Waals surface area contributed by atoms with E-state index in [-0.39, 0.29) is 12.0 Å². The number of carbonyl (C=O) groups is 1. The van der Waals surface area contributed by atoms with Crippen LogP contribution in [-0.2, 0) is 21.4 Å². The van der Waals surface area contributed by atoms with Crippen molar-refractivity contribution in [2.75, 3.05) is 52.9 Å². The second-order valence-corrected chi connectivity index (χ2v) is 6.80. The molecule has 1 amide bonds. The molecule has 0 saturated carbocycles. The molecule has 1 atom stereocenters. The molecule has 2 aromatic rings. The minimum atomic E-state index is -0.301. The van der Waals surface area contributed by atoms with Gasteiger partial charge in [0.25, 0.3) is 5.91 Å². The zero-order chi connectivity index (χ0) is 22.6. The van der Waals surface area contributed by atoms with E-state index in [0.717, 1.165) is 0 Å². The number of hydrogen-bond donors (Lipinski definition) is 1. The van der Waals surface area contributed by atoms with Crippen LogP contribution < -0.4 is 10.1 Å². The topological polar surface area (TPSA) is 87.1 Å². The number of hydrogen-bond acceptors (Lipinski definition) is 7. The van der Waals surface area contributed by atoms with E-state index in [2.05, 4.69) is 22.3 Å². The van der Waals surface area contributed by atoms with Gasteiger partial charge in [0.05, 0.1) is 26.9 Å². The summed E-state index contributed by atoms with van der Waals surface area (Å²) in [6.07, 6.45) is 1.57. The van der Waals surface area contributed by atoms with Crippen molar-refractivity contribution in [3.63, 3.8) is 0 Å². The summed E-state index contributed by atoms with van der Waals surface area (Å²) in [5, 5.41) is 8.64. The Hall–Kier alpha value is -2.90. The molecule has 9 heteroatoms. The first kappa shape index (κ1) is 24.4. The Morgan fingerprint density at radius 3 is 2.71 bits per heavy atom. The highest BCUT2D eigenvalue weighted by Crippen LogP contribution is 2.19. The predicted octanol–water partition coefficient (Wildman–Crippen LogP) is 1.95. The fourth-order valence-electron chi connectivity index (χ4n) is 2.70. The maximum atomic E-state index is 12.8. The van der Waals surface area contributed by atoms with Crippen molar-refractivity contribution in [2.24, 2.45) is 7.05 Å². The Bertz CT molecular complexity index is 903. The van der Waals surface area contributed by atoms with Crippen molar-refractivity contribution >= 4 is 11.7 Å². The average Bonchev–Trinajstić information content (AvgIpc) is 3.15. The number of rotatable bonds is 11. The number of amides is 1. The first-order valence-electron chi connectivity index (χ1n) is 9.83. The number of aromatic nitrogens is 2. The third-order valence-corrected chi connectivity index (χ3v) is 4.15. The lowest BCUT2D eigenvalue weighted by Crippen LogP contribution is -2.26. The quantitative estimate of drug-likeness (QED) is 0.431. The molecule has 168 valence electrons. The molecule has 0 unspecified atom stereocenters. The molecule has 1 N–H and O–H groups in total. The number of hydroxylamine groups is 2. The van der Waals surface area contributed by atoms with Gasteiger partial charge in [0.2, 0.25) is 0 Å². The molecule has 0 saturated heterocycles. The van der Waals surface area contributed by atoms with Crippen molar-refractivity contribution in [1.82, 2.24) is 14.8 Å². The summed E-state index contributed by atoms with van der Waals surface area (Å²) < 4.78 is 17.7. The van der Waals surface area contributed by atoms with E-state index in [4.69, 9.17) is 19.0 Å². The number of carbonyl (C=O) groups excluding carboxylic acids is 1. The zero-order valence-electron chi connectivity index (χ0n) is 18.7. The smallest absolute Gasteiger partial charge is 0.257 e. The Kier molecular flexibility index (Phi) is 10.00. The van der Waals surface area contributed by atoms with E-state index in [1.165, 1.54) is 0 Å². The fourth-order valence-corrected chi connectivity index (χ4v) is 2.70. The van der Waals surface area contributed by atoms with Crippen LogP contribution in [-0.4, -0.2) is 74.5 Å². The van der Waals surface area contributed by atoms with E-state index in [9.17, 15) is 4.79 Å². The Labute approximate surface area is 183 Å². The number of ether oxygens (including phenoxy) is 3. The molecule has 0 bridgehead atoms. The Balaban J connectivity index is 2.22. The van der Waals surface area contributed by atoms with Gasteiger partial charge in [0.15, 0.2) is 5.82 Å². The number of anilines is 1. The summed E-state index contributed by atoms with van der Waals surface area (Å²) in [5.74, 6) is 6.82. The third kappa shape index (κ3) is 8.39. The second-order valence-electron chi connectivity index (χ2n) is 6.80. The lowest BCUT2D eigenvalue weighted by atomic mass is 10.1. The number of aryl methyl sites for hydroxylation is 1. The van der Waals surface area contributed by atoms with Gasteiger partial charge in [-0.1, -0.05) is 11.8 Å². The molecule has 31 heavy (non-hydrogen) atoms. The van der Waals surface area contributed by atoms with Gasteiger partial charge in [-0.3, -0.25) is 9.48 Å².